The fraction of sp³-hybridized carbons (Fsp3) is 0.545. The fourth-order valence-corrected chi connectivity index (χ4v) is 4.48. The number of carbonyl (C=O) groups is 3. The van der Waals surface area contributed by atoms with Gasteiger partial charge < -0.3 is 21.3 Å². The molecule has 1 aromatic rings. The zero-order chi connectivity index (χ0) is 24.9. The van der Waals surface area contributed by atoms with Crippen LogP contribution in [0.25, 0.3) is 0 Å². The van der Waals surface area contributed by atoms with Crippen LogP contribution in [0.3, 0.4) is 0 Å². The number of ether oxygens (including phenoxy) is 1. The Balaban J connectivity index is 1.57. The zero-order valence-electron chi connectivity index (χ0n) is 18.6. The van der Waals surface area contributed by atoms with Crippen LogP contribution in [0.1, 0.15) is 44.1 Å². The van der Waals surface area contributed by atoms with E-state index in [4.69, 9.17) is 11.1 Å². The van der Waals surface area contributed by atoms with Gasteiger partial charge in [-0.25, -0.2) is 5.41 Å². The summed E-state index contributed by atoms with van der Waals surface area (Å²) in [6.07, 6.45) is -3.19. The molecule has 1 saturated carbocycles. The first-order valence-electron chi connectivity index (χ1n) is 11.1. The number of anilines is 1. The fourth-order valence-electron chi connectivity index (χ4n) is 4.48. The molecule has 3 amide bonds. The molecule has 1 aliphatic heterocycles. The second kappa shape index (κ2) is 10.9. The summed E-state index contributed by atoms with van der Waals surface area (Å²) >= 11 is 0. The van der Waals surface area contributed by atoms with Gasteiger partial charge >= 0.3 is 12.3 Å². The van der Waals surface area contributed by atoms with Crippen LogP contribution in [0.15, 0.2) is 24.3 Å². The summed E-state index contributed by atoms with van der Waals surface area (Å²) in [6, 6.07) is 5.48. The van der Waals surface area contributed by atoms with Gasteiger partial charge in [-0.05, 0) is 50.7 Å². The minimum absolute atomic E-state index is 0.0715. The average molecular weight is 484 g/mol. The molecule has 12 heteroatoms. The van der Waals surface area contributed by atoms with E-state index >= 15 is 0 Å². The highest BCUT2D eigenvalue weighted by molar-refractivity contribution is 6.43. The number of benzene rings is 1. The maximum absolute atomic E-state index is 12.9. The maximum atomic E-state index is 12.9. The molecule has 2 unspecified atom stereocenters. The lowest BCUT2D eigenvalue weighted by Gasteiger charge is -2.32. The number of halogens is 3. The Morgan fingerprint density at radius 1 is 1.15 bits per heavy atom. The summed E-state index contributed by atoms with van der Waals surface area (Å²) in [5, 5.41) is 11.5. The lowest BCUT2D eigenvalue weighted by atomic mass is 9.92. The van der Waals surface area contributed by atoms with E-state index in [2.05, 4.69) is 15.4 Å². The van der Waals surface area contributed by atoms with Crippen molar-refractivity contribution in [1.29, 1.82) is 0 Å². The van der Waals surface area contributed by atoms with Crippen molar-refractivity contribution in [3.63, 3.8) is 0 Å². The molecule has 3 rings (SSSR count). The van der Waals surface area contributed by atoms with E-state index in [1.165, 1.54) is 4.90 Å². The summed E-state index contributed by atoms with van der Waals surface area (Å²) in [5.41, 5.74) is 5.92. The van der Waals surface area contributed by atoms with Gasteiger partial charge in [0.15, 0.2) is 0 Å². The van der Waals surface area contributed by atoms with Crippen LogP contribution in [-0.2, 0) is 19.1 Å². The number of hydrogen-bond acceptors (Lipinski definition) is 5. The highest BCUT2D eigenvalue weighted by Crippen LogP contribution is 2.28. The van der Waals surface area contributed by atoms with Crippen LogP contribution in [0, 0.1) is 0 Å². The Morgan fingerprint density at radius 2 is 1.88 bits per heavy atom. The van der Waals surface area contributed by atoms with Crippen LogP contribution >= 0.6 is 0 Å². The number of nitrogens with one attached hydrogen (secondary N) is 2. The topological polar surface area (TPSA) is 139 Å². The monoisotopic (exact) mass is 484 g/mol. The number of nitrogens with two attached hydrogens (primary N) is 2. The van der Waals surface area contributed by atoms with Gasteiger partial charge in [0.2, 0.25) is 11.8 Å². The van der Waals surface area contributed by atoms with E-state index in [0.29, 0.717) is 43.5 Å². The molecule has 9 nitrogen and oxygen atoms in total. The van der Waals surface area contributed by atoms with Gasteiger partial charge in [0.25, 0.3) is 5.71 Å². The van der Waals surface area contributed by atoms with Gasteiger partial charge in [0.05, 0.1) is 18.2 Å². The molecule has 1 heterocycles. The minimum atomic E-state index is -4.71. The van der Waals surface area contributed by atoms with E-state index < -0.39 is 30.5 Å². The number of likely N-dealkylation sites (tertiary alicyclic amines) is 1. The van der Waals surface area contributed by atoms with Crippen LogP contribution in [0.4, 0.5) is 18.9 Å². The Labute approximate surface area is 194 Å². The molecule has 0 radical (unpaired) electrons. The molecule has 0 spiro atoms. The van der Waals surface area contributed by atoms with Gasteiger partial charge in [-0.1, -0.05) is 12.1 Å². The van der Waals surface area contributed by atoms with Gasteiger partial charge in [0, 0.05) is 18.3 Å². The van der Waals surface area contributed by atoms with Gasteiger partial charge in [-0.3, -0.25) is 19.1 Å². The van der Waals surface area contributed by atoms with E-state index in [1.54, 1.807) is 24.3 Å². The largest absolute Gasteiger partial charge is 0.522 e. The Kier molecular flexibility index (Phi) is 8.13. The molecule has 1 saturated heterocycles. The molecular formula is C22H29F3N5O4+. The van der Waals surface area contributed by atoms with Crippen molar-refractivity contribution in [1.82, 2.24) is 10.2 Å². The molecule has 186 valence electrons. The van der Waals surface area contributed by atoms with E-state index in [1.807, 2.05) is 0 Å². The maximum Gasteiger partial charge on any atom is 0.522 e. The molecule has 1 aromatic carbocycles. The van der Waals surface area contributed by atoms with Crippen LogP contribution in [-0.4, -0.2) is 66.0 Å². The predicted molar refractivity (Wildman–Crippen MR) is 116 cm³/mol. The first-order valence-corrected chi connectivity index (χ1v) is 11.1. The smallest absolute Gasteiger partial charge is 0.375 e. The van der Waals surface area contributed by atoms with E-state index in [9.17, 15) is 27.6 Å². The molecular weight excluding hydrogens is 455 g/mol. The minimum Gasteiger partial charge on any atom is -0.375 e. The van der Waals surface area contributed by atoms with Crippen molar-refractivity contribution in [3.8, 4) is 0 Å². The molecule has 3 atom stereocenters. The number of alkyl halides is 3. The summed E-state index contributed by atoms with van der Waals surface area (Å²) in [4.78, 5) is 38.6. The lowest BCUT2D eigenvalue weighted by molar-refractivity contribution is -0.345. The van der Waals surface area contributed by atoms with Crippen molar-refractivity contribution in [2.45, 2.75) is 63.1 Å². The number of carbonyl (C=O) groups excluding carboxylic acids is 3. The van der Waals surface area contributed by atoms with E-state index in [0.717, 1.165) is 0 Å². The third kappa shape index (κ3) is 6.69. The molecule has 2 aliphatic rings. The Hall–Kier alpha value is -3.15. The van der Waals surface area contributed by atoms with E-state index in [-0.39, 0.29) is 36.9 Å². The average Bonchev–Trinajstić information content (AvgIpc) is 3.26. The molecule has 0 aromatic heterocycles. The number of amides is 3. The highest BCUT2D eigenvalue weighted by atomic mass is 19.4. The summed E-state index contributed by atoms with van der Waals surface area (Å²) in [6.45, 7) is 0.248. The van der Waals surface area contributed by atoms with Crippen LogP contribution in [0.5, 0.6) is 0 Å². The molecule has 34 heavy (non-hydrogen) atoms. The number of rotatable bonds is 8. The van der Waals surface area contributed by atoms with Crippen molar-refractivity contribution in [2.24, 2.45) is 5.73 Å². The van der Waals surface area contributed by atoms with Gasteiger partial charge in [-0.2, -0.15) is 0 Å². The van der Waals surface area contributed by atoms with Crippen LogP contribution in [0.2, 0.25) is 0 Å². The summed E-state index contributed by atoms with van der Waals surface area (Å²) < 4.78 is 41.7. The number of primary amides is 1. The quantitative estimate of drug-likeness (QED) is 0.387. The molecule has 1 aliphatic carbocycles. The molecule has 0 bridgehead atoms. The second-order valence-corrected chi connectivity index (χ2v) is 8.48. The Bertz CT molecular complexity index is 939. The third-order valence-electron chi connectivity index (χ3n) is 6.06. The lowest BCUT2D eigenvalue weighted by Crippen LogP contribution is -2.51. The number of nitrogens with zero attached hydrogens (tertiary/aromatic N) is 1. The zero-order valence-corrected chi connectivity index (χ0v) is 18.6. The van der Waals surface area contributed by atoms with Crippen molar-refractivity contribution >= 4 is 29.1 Å². The number of para-hydroxylation sites is 1. The molecule has 6 N–H and O–H groups in total. The first-order chi connectivity index (χ1) is 16.0. The van der Waals surface area contributed by atoms with Gasteiger partial charge in [0.1, 0.15) is 6.04 Å². The first kappa shape index (κ1) is 25.5. The summed E-state index contributed by atoms with van der Waals surface area (Å²) in [5.74, 6) is -1.50. The standard InChI is InChI=1S/C22H28F3N5O4/c23-22(24,25)34-14-6-3-5-13(11-14)29-21(33)17-9-4-10-30(17)18(31)12-28-16-8-2-1-7-15(16)19(26)20(27)32/h1-2,7-8,13-14,17,26,28H,3-6,9-12H2,(H2,27,32)(H,29,33)/p+1/t13?,14?,17-/m0/s1. The third-order valence-corrected chi connectivity index (χ3v) is 6.06. The van der Waals surface area contributed by atoms with Crippen molar-refractivity contribution in [2.75, 3.05) is 18.4 Å². The normalized spacial score (nSPS) is 22.8. The van der Waals surface area contributed by atoms with Crippen molar-refractivity contribution in [3.05, 3.63) is 29.8 Å². The van der Waals surface area contributed by atoms with Crippen LogP contribution < -0.4 is 21.8 Å². The highest BCUT2D eigenvalue weighted by Gasteiger charge is 2.38. The van der Waals surface area contributed by atoms with Gasteiger partial charge in [-0.15, -0.1) is 13.2 Å². The second-order valence-electron chi connectivity index (χ2n) is 8.48. The Morgan fingerprint density at radius 3 is 2.59 bits per heavy atom. The predicted octanol–water partition coefficient (Wildman–Crippen LogP) is 0.0868. The SMILES string of the molecule is NC(=O)C(=[NH2+])c1ccccc1NCC(=O)N1CCC[C@H]1C(=O)NC1CCCC(OC(F)(F)F)C1. The van der Waals surface area contributed by atoms with Crippen molar-refractivity contribution < 1.29 is 37.7 Å². The number of hydrogen-bond donors (Lipinski definition) is 4. The molecule has 2 fully saturated rings. The summed E-state index contributed by atoms with van der Waals surface area (Å²) in [7, 11) is 0.